The summed E-state index contributed by atoms with van der Waals surface area (Å²) in [6.07, 6.45) is 0.773. The van der Waals surface area contributed by atoms with Crippen LogP contribution in [-0.2, 0) is 9.53 Å². The lowest BCUT2D eigenvalue weighted by molar-refractivity contribution is -0.120. The molecule has 8 heteroatoms. The smallest absolute Gasteiger partial charge is 0.233 e. The van der Waals surface area contributed by atoms with Crippen molar-refractivity contribution in [2.75, 3.05) is 19.8 Å². The molecule has 0 aliphatic carbocycles. The molecule has 2 N–H and O–H groups in total. The number of nitrogens with one attached hydrogen (secondary N) is 2. The van der Waals surface area contributed by atoms with Crippen molar-refractivity contribution in [2.45, 2.75) is 30.7 Å². The summed E-state index contributed by atoms with van der Waals surface area (Å²) in [6.45, 7) is 5.59. The summed E-state index contributed by atoms with van der Waals surface area (Å²) in [5, 5.41) is 9.65. The Balaban J connectivity index is 1.85. The maximum Gasteiger partial charge on any atom is 0.233 e. The van der Waals surface area contributed by atoms with Crippen molar-refractivity contribution < 1.29 is 13.9 Å². The second-order valence-corrected chi connectivity index (χ2v) is 6.36. The van der Waals surface area contributed by atoms with Crippen LogP contribution in [-0.4, -0.2) is 46.1 Å². The first-order valence-electron chi connectivity index (χ1n) is 7.81. The van der Waals surface area contributed by atoms with E-state index < -0.39 is 0 Å². The van der Waals surface area contributed by atoms with Crippen molar-refractivity contribution in [3.8, 4) is 11.4 Å². The second kappa shape index (κ2) is 9.39. The molecular weight excluding hydrogens is 331 g/mol. The van der Waals surface area contributed by atoms with Gasteiger partial charge in [0.05, 0.1) is 10.8 Å². The Morgan fingerprint density at radius 1 is 1.46 bits per heavy atom. The Morgan fingerprint density at radius 3 is 3.00 bits per heavy atom. The number of hydrogen-bond donors (Lipinski definition) is 2. The first-order valence-corrected chi connectivity index (χ1v) is 8.69. The van der Waals surface area contributed by atoms with Gasteiger partial charge in [-0.3, -0.25) is 9.89 Å². The van der Waals surface area contributed by atoms with Crippen LogP contribution in [0.4, 0.5) is 4.39 Å². The molecule has 2 aromatic rings. The van der Waals surface area contributed by atoms with E-state index in [1.807, 2.05) is 6.92 Å². The summed E-state index contributed by atoms with van der Waals surface area (Å²) in [5.74, 6) is -0.112. The number of ether oxygens (including phenoxy) is 1. The molecule has 0 bridgehead atoms. The number of hydrogen-bond acceptors (Lipinski definition) is 5. The van der Waals surface area contributed by atoms with Crippen LogP contribution in [0, 0.1) is 5.82 Å². The number of H-pyrrole nitrogens is 1. The number of rotatable bonds is 9. The minimum atomic E-state index is -0.370. The molecule has 1 aromatic heterocycles. The molecule has 6 nitrogen and oxygen atoms in total. The fourth-order valence-corrected chi connectivity index (χ4v) is 2.71. The van der Waals surface area contributed by atoms with Crippen molar-refractivity contribution in [2.24, 2.45) is 0 Å². The third kappa shape index (κ3) is 5.31. The Hall–Kier alpha value is -1.93. The largest absolute Gasteiger partial charge is 0.382 e. The van der Waals surface area contributed by atoms with E-state index in [9.17, 15) is 9.18 Å². The van der Waals surface area contributed by atoms with E-state index in [0.717, 1.165) is 6.42 Å². The number of amides is 1. The zero-order valence-corrected chi connectivity index (χ0v) is 14.5. The molecule has 1 unspecified atom stereocenters. The number of benzene rings is 1. The van der Waals surface area contributed by atoms with Crippen LogP contribution in [0.2, 0.25) is 0 Å². The minimum Gasteiger partial charge on any atom is -0.382 e. The van der Waals surface area contributed by atoms with Gasteiger partial charge in [0.2, 0.25) is 11.1 Å². The number of thioether (sulfide) groups is 1. The van der Waals surface area contributed by atoms with E-state index in [2.05, 4.69) is 20.5 Å². The number of halogens is 1. The molecule has 130 valence electrons. The third-order valence-corrected chi connectivity index (χ3v) is 4.18. The van der Waals surface area contributed by atoms with E-state index in [1.54, 1.807) is 25.1 Å². The highest BCUT2D eigenvalue weighted by Gasteiger charge is 2.17. The van der Waals surface area contributed by atoms with Crippen LogP contribution in [0.15, 0.2) is 29.4 Å². The van der Waals surface area contributed by atoms with E-state index in [-0.39, 0.29) is 17.0 Å². The quantitative estimate of drug-likeness (QED) is 0.536. The van der Waals surface area contributed by atoms with Gasteiger partial charge in [-0.15, -0.1) is 5.10 Å². The van der Waals surface area contributed by atoms with Crippen LogP contribution in [0.3, 0.4) is 0 Å². The predicted octanol–water partition coefficient (Wildman–Crippen LogP) is 2.63. The topological polar surface area (TPSA) is 79.9 Å². The summed E-state index contributed by atoms with van der Waals surface area (Å²) in [7, 11) is 0. The maximum atomic E-state index is 13.7. The van der Waals surface area contributed by atoms with Crippen molar-refractivity contribution in [3.63, 3.8) is 0 Å². The molecule has 0 fully saturated rings. The molecule has 1 aromatic carbocycles. The Kier molecular flexibility index (Phi) is 7.20. The van der Waals surface area contributed by atoms with Crippen LogP contribution in [0.25, 0.3) is 11.4 Å². The van der Waals surface area contributed by atoms with Crippen LogP contribution >= 0.6 is 11.8 Å². The van der Waals surface area contributed by atoms with E-state index in [4.69, 9.17) is 4.74 Å². The zero-order valence-electron chi connectivity index (χ0n) is 13.7. The summed E-state index contributed by atoms with van der Waals surface area (Å²) in [6, 6.07) is 6.33. The van der Waals surface area contributed by atoms with Gasteiger partial charge in [0.1, 0.15) is 5.82 Å². The number of nitrogens with zero attached hydrogens (tertiary/aromatic N) is 2. The van der Waals surface area contributed by atoms with E-state index >= 15 is 0 Å². The summed E-state index contributed by atoms with van der Waals surface area (Å²) in [5.41, 5.74) is 0.352. The summed E-state index contributed by atoms with van der Waals surface area (Å²) >= 11 is 1.22. The Labute approximate surface area is 144 Å². The van der Waals surface area contributed by atoms with E-state index in [1.165, 1.54) is 17.8 Å². The molecule has 0 spiro atoms. The first-order chi connectivity index (χ1) is 11.6. The van der Waals surface area contributed by atoms with Gasteiger partial charge in [-0.25, -0.2) is 9.37 Å². The second-order valence-electron chi connectivity index (χ2n) is 5.05. The molecule has 1 amide bonds. The lowest BCUT2D eigenvalue weighted by Gasteiger charge is -2.09. The molecule has 2 rings (SSSR count). The third-order valence-electron chi connectivity index (χ3n) is 3.21. The lowest BCUT2D eigenvalue weighted by atomic mass is 10.2. The van der Waals surface area contributed by atoms with Crippen molar-refractivity contribution >= 4 is 17.7 Å². The maximum absolute atomic E-state index is 13.7. The first kappa shape index (κ1) is 18.4. The standard InChI is InChI=1S/C16H21FN4O2S/c1-3-23-10-6-9-18-15(22)11(2)24-16-19-14(20-21-16)12-7-4-5-8-13(12)17/h4-5,7-8,11H,3,6,9-10H2,1-2H3,(H,18,22)(H,19,20,21). The fraction of sp³-hybridized carbons (Fsp3) is 0.438. The Bertz CT molecular complexity index is 665. The van der Waals surface area contributed by atoms with Gasteiger partial charge in [-0.2, -0.15) is 0 Å². The van der Waals surface area contributed by atoms with Gasteiger partial charge in [-0.1, -0.05) is 23.9 Å². The SMILES string of the molecule is CCOCCCNC(=O)C(C)Sc1n[nH]c(-c2ccccc2F)n1. The van der Waals surface area contributed by atoms with Crippen molar-refractivity contribution in [3.05, 3.63) is 30.1 Å². The number of carbonyl (C=O) groups is 1. The molecule has 1 heterocycles. The summed E-state index contributed by atoms with van der Waals surface area (Å²) < 4.78 is 18.9. The highest BCUT2D eigenvalue weighted by Crippen LogP contribution is 2.24. The van der Waals surface area contributed by atoms with Crippen molar-refractivity contribution in [1.29, 1.82) is 0 Å². The number of aromatic nitrogens is 3. The molecule has 0 saturated heterocycles. The van der Waals surface area contributed by atoms with Gasteiger partial charge in [-0.05, 0) is 32.4 Å². The number of aromatic amines is 1. The monoisotopic (exact) mass is 352 g/mol. The van der Waals surface area contributed by atoms with E-state index in [0.29, 0.717) is 36.3 Å². The normalized spacial score (nSPS) is 12.1. The van der Waals surface area contributed by atoms with Gasteiger partial charge in [0, 0.05) is 19.8 Å². The molecule has 0 saturated carbocycles. The molecule has 0 radical (unpaired) electrons. The van der Waals surface area contributed by atoms with Crippen LogP contribution in [0.5, 0.6) is 0 Å². The molecule has 0 aliphatic heterocycles. The average molecular weight is 352 g/mol. The summed E-state index contributed by atoms with van der Waals surface area (Å²) in [4.78, 5) is 16.3. The molecule has 24 heavy (non-hydrogen) atoms. The molecular formula is C16H21FN4O2S. The lowest BCUT2D eigenvalue weighted by Crippen LogP contribution is -2.32. The highest BCUT2D eigenvalue weighted by molar-refractivity contribution is 8.00. The predicted molar refractivity (Wildman–Crippen MR) is 91.2 cm³/mol. The minimum absolute atomic E-state index is 0.0891. The van der Waals surface area contributed by atoms with Gasteiger partial charge in [0.15, 0.2) is 5.82 Å². The average Bonchev–Trinajstić information content (AvgIpc) is 3.03. The molecule has 1 atom stereocenters. The Morgan fingerprint density at radius 2 is 2.25 bits per heavy atom. The van der Waals surface area contributed by atoms with Crippen molar-refractivity contribution in [1.82, 2.24) is 20.5 Å². The molecule has 0 aliphatic rings. The van der Waals surface area contributed by atoms with Crippen LogP contribution in [0.1, 0.15) is 20.3 Å². The van der Waals surface area contributed by atoms with Gasteiger partial charge in [0.25, 0.3) is 0 Å². The fourth-order valence-electron chi connectivity index (χ4n) is 1.96. The van der Waals surface area contributed by atoms with Gasteiger partial charge >= 0.3 is 0 Å². The number of carbonyl (C=O) groups excluding carboxylic acids is 1. The zero-order chi connectivity index (χ0) is 17.4. The van der Waals surface area contributed by atoms with Gasteiger partial charge < -0.3 is 10.1 Å². The van der Waals surface area contributed by atoms with Crippen LogP contribution < -0.4 is 5.32 Å². The highest BCUT2D eigenvalue weighted by atomic mass is 32.2.